The summed E-state index contributed by atoms with van der Waals surface area (Å²) in [7, 11) is 0. The Balaban J connectivity index is 1.78. The second-order valence-electron chi connectivity index (χ2n) is 5.86. The molecule has 0 N–H and O–H groups in total. The predicted octanol–water partition coefficient (Wildman–Crippen LogP) is 6.21. The monoisotopic (exact) mass is 368 g/mol. The summed E-state index contributed by atoms with van der Waals surface area (Å²) in [5.41, 5.74) is 2.87. The SMILES string of the molecule is C=C/C=C(\C=C)c1ccc(OCCOC(Cl)C(C)c2ccccc2)cc1. The molecule has 0 amide bonds. The fourth-order valence-corrected chi connectivity index (χ4v) is 2.76. The van der Waals surface area contributed by atoms with Crippen LogP contribution in [0.3, 0.4) is 0 Å². The zero-order valence-corrected chi connectivity index (χ0v) is 15.9. The van der Waals surface area contributed by atoms with E-state index in [1.54, 1.807) is 12.2 Å². The molecule has 0 radical (unpaired) electrons. The molecule has 0 spiro atoms. The summed E-state index contributed by atoms with van der Waals surface area (Å²) in [5, 5.41) is 0. The maximum absolute atomic E-state index is 6.35. The number of allylic oxidation sites excluding steroid dienone is 4. The molecule has 0 fully saturated rings. The fraction of sp³-hybridized carbons (Fsp3) is 0.217. The molecule has 2 atom stereocenters. The quantitative estimate of drug-likeness (QED) is 0.282. The Kier molecular flexibility index (Phi) is 8.20. The van der Waals surface area contributed by atoms with Crippen LogP contribution < -0.4 is 4.74 Å². The van der Waals surface area contributed by atoms with Gasteiger partial charge in [-0.25, -0.2) is 0 Å². The molecule has 0 aliphatic heterocycles. The van der Waals surface area contributed by atoms with Crippen molar-refractivity contribution in [2.75, 3.05) is 13.2 Å². The third-order valence-electron chi connectivity index (χ3n) is 4.05. The first-order chi connectivity index (χ1) is 12.7. The Morgan fingerprint density at radius 3 is 2.35 bits per heavy atom. The Hall–Kier alpha value is -2.29. The number of alkyl halides is 1. The van der Waals surface area contributed by atoms with Gasteiger partial charge in [-0.15, -0.1) is 0 Å². The fourth-order valence-electron chi connectivity index (χ4n) is 2.53. The normalized spacial score (nSPS) is 13.7. The minimum atomic E-state index is -0.387. The second kappa shape index (κ2) is 10.6. The molecule has 2 nitrogen and oxygen atoms in total. The molecule has 0 saturated carbocycles. The van der Waals surface area contributed by atoms with Gasteiger partial charge in [0.05, 0.1) is 6.61 Å². The summed E-state index contributed by atoms with van der Waals surface area (Å²) in [6, 6.07) is 18.0. The van der Waals surface area contributed by atoms with Gasteiger partial charge < -0.3 is 9.47 Å². The summed E-state index contributed by atoms with van der Waals surface area (Å²) < 4.78 is 11.4. The zero-order valence-electron chi connectivity index (χ0n) is 15.1. The van der Waals surface area contributed by atoms with E-state index in [0.717, 1.165) is 22.4 Å². The highest BCUT2D eigenvalue weighted by atomic mass is 35.5. The number of hydrogen-bond acceptors (Lipinski definition) is 2. The Morgan fingerprint density at radius 2 is 1.73 bits per heavy atom. The van der Waals surface area contributed by atoms with Gasteiger partial charge in [-0.1, -0.05) is 92.4 Å². The molecule has 26 heavy (non-hydrogen) atoms. The first kappa shape index (κ1) is 20.0. The van der Waals surface area contributed by atoms with Crippen LogP contribution in [-0.4, -0.2) is 18.8 Å². The van der Waals surface area contributed by atoms with Crippen molar-refractivity contribution in [2.24, 2.45) is 0 Å². The van der Waals surface area contributed by atoms with Gasteiger partial charge in [0.2, 0.25) is 0 Å². The van der Waals surface area contributed by atoms with Crippen molar-refractivity contribution in [3.63, 3.8) is 0 Å². The lowest BCUT2D eigenvalue weighted by Gasteiger charge is -2.19. The van der Waals surface area contributed by atoms with Crippen LogP contribution in [0, 0.1) is 0 Å². The number of rotatable bonds is 10. The van der Waals surface area contributed by atoms with Crippen molar-refractivity contribution in [3.8, 4) is 5.75 Å². The topological polar surface area (TPSA) is 18.5 Å². The summed E-state index contributed by atoms with van der Waals surface area (Å²) in [4.78, 5) is 0. The van der Waals surface area contributed by atoms with Gasteiger partial charge in [-0.05, 0) is 28.8 Å². The van der Waals surface area contributed by atoms with E-state index < -0.39 is 0 Å². The lowest BCUT2D eigenvalue weighted by molar-refractivity contribution is 0.0674. The zero-order chi connectivity index (χ0) is 18.8. The number of halogens is 1. The molecule has 3 heteroatoms. The van der Waals surface area contributed by atoms with Gasteiger partial charge in [-0.2, -0.15) is 0 Å². The molecule has 136 valence electrons. The Bertz CT molecular complexity index is 720. The van der Waals surface area contributed by atoms with Crippen molar-refractivity contribution in [1.82, 2.24) is 0 Å². The first-order valence-electron chi connectivity index (χ1n) is 8.64. The number of ether oxygens (including phenoxy) is 2. The van der Waals surface area contributed by atoms with Crippen molar-refractivity contribution < 1.29 is 9.47 Å². The van der Waals surface area contributed by atoms with Crippen molar-refractivity contribution in [3.05, 3.63) is 97.1 Å². The van der Waals surface area contributed by atoms with Crippen LogP contribution in [0.5, 0.6) is 5.75 Å². The summed E-state index contributed by atoms with van der Waals surface area (Å²) in [6.07, 6.45) is 5.48. The van der Waals surface area contributed by atoms with E-state index in [4.69, 9.17) is 21.1 Å². The van der Waals surface area contributed by atoms with Crippen LogP contribution in [0.15, 0.2) is 86.0 Å². The average molecular weight is 369 g/mol. The molecule has 0 heterocycles. The maximum Gasteiger partial charge on any atom is 0.137 e. The van der Waals surface area contributed by atoms with E-state index in [2.05, 4.69) is 32.2 Å². The van der Waals surface area contributed by atoms with E-state index in [1.807, 2.05) is 48.5 Å². The van der Waals surface area contributed by atoms with Crippen LogP contribution in [0.4, 0.5) is 0 Å². The molecular formula is C23H25ClO2. The lowest BCUT2D eigenvalue weighted by Crippen LogP contribution is -2.17. The van der Waals surface area contributed by atoms with Crippen LogP contribution in [0.1, 0.15) is 24.0 Å². The third kappa shape index (κ3) is 5.91. The summed E-state index contributed by atoms with van der Waals surface area (Å²) in [6.45, 7) is 10.5. The summed E-state index contributed by atoms with van der Waals surface area (Å²) in [5.74, 6) is 0.910. The summed E-state index contributed by atoms with van der Waals surface area (Å²) >= 11 is 6.35. The van der Waals surface area contributed by atoms with Crippen LogP contribution in [0.25, 0.3) is 5.57 Å². The number of benzene rings is 2. The molecule has 2 rings (SSSR count). The van der Waals surface area contributed by atoms with Gasteiger partial charge in [-0.3, -0.25) is 0 Å². The van der Waals surface area contributed by atoms with Gasteiger partial charge in [0, 0.05) is 5.92 Å². The smallest absolute Gasteiger partial charge is 0.137 e. The Morgan fingerprint density at radius 1 is 1.04 bits per heavy atom. The third-order valence-corrected chi connectivity index (χ3v) is 4.56. The van der Waals surface area contributed by atoms with Crippen molar-refractivity contribution in [1.29, 1.82) is 0 Å². The molecule has 0 bridgehead atoms. The minimum absolute atomic E-state index is 0.117. The van der Waals surface area contributed by atoms with E-state index in [0.29, 0.717) is 13.2 Å². The molecule has 0 aliphatic carbocycles. The highest BCUT2D eigenvalue weighted by molar-refractivity contribution is 6.20. The maximum atomic E-state index is 6.35. The van der Waals surface area contributed by atoms with Gasteiger partial charge in [0.25, 0.3) is 0 Å². The van der Waals surface area contributed by atoms with E-state index >= 15 is 0 Å². The van der Waals surface area contributed by atoms with Crippen LogP contribution in [-0.2, 0) is 4.74 Å². The molecular weight excluding hydrogens is 344 g/mol. The standard InChI is InChI=1S/C23H25ClO2/c1-4-9-19(5-2)21-12-14-22(15-13-21)25-16-17-26-23(24)18(3)20-10-7-6-8-11-20/h4-15,18,23H,1-2,16-17H2,3H3/b19-9+. The van der Waals surface area contributed by atoms with Crippen LogP contribution in [0.2, 0.25) is 0 Å². The van der Waals surface area contributed by atoms with Crippen molar-refractivity contribution in [2.45, 2.75) is 18.4 Å². The first-order valence-corrected chi connectivity index (χ1v) is 9.08. The van der Waals surface area contributed by atoms with Crippen molar-refractivity contribution >= 4 is 17.2 Å². The van der Waals surface area contributed by atoms with E-state index in [1.165, 1.54) is 0 Å². The predicted molar refractivity (Wildman–Crippen MR) is 111 cm³/mol. The molecule has 2 aromatic rings. The average Bonchev–Trinajstić information content (AvgIpc) is 2.70. The molecule has 2 aromatic carbocycles. The van der Waals surface area contributed by atoms with Gasteiger partial charge >= 0.3 is 0 Å². The van der Waals surface area contributed by atoms with E-state index in [-0.39, 0.29) is 11.5 Å². The van der Waals surface area contributed by atoms with Gasteiger partial charge in [0.15, 0.2) is 0 Å². The molecule has 0 aromatic heterocycles. The molecule has 0 saturated heterocycles. The Labute approximate surface area is 161 Å². The second-order valence-corrected chi connectivity index (χ2v) is 6.29. The van der Waals surface area contributed by atoms with E-state index in [9.17, 15) is 0 Å². The number of hydrogen-bond donors (Lipinski definition) is 0. The highest BCUT2D eigenvalue weighted by Gasteiger charge is 2.16. The highest BCUT2D eigenvalue weighted by Crippen LogP contribution is 2.24. The minimum Gasteiger partial charge on any atom is -0.491 e. The van der Waals surface area contributed by atoms with Crippen LogP contribution >= 0.6 is 11.6 Å². The molecule has 2 unspecified atom stereocenters. The lowest BCUT2D eigenvalue weighted by atomic mass is 10.0. The van der Waals surface area contributed by atoms with Gasteiger partial charge in [0.1, 0.15) is 17.9 Å². The molecule has 0 aliphatic rings. The largest absolute Gasteiger partial charge is 0.491 e.